The molecule has 0 unspecified atom stereocenters. The van der Waals surface area contributed by atoms with Gasteiger partial charge in [0.15, 0.2) is 16.7 Å². The summed E-state index contributed by atoms with van der Waals surface area (Å²) in [5.41, 5.74) is 2.71. The third kappa shape index (κ3) is 4.25. The number of nitrogens with one attached hydrogen (secondary N) is 1. The first-order chi connectivity index (χ1) is 13.0. The average Bonchev–Trinajstić information content (AvgIpc) is 3.01. The van der Waals surface area contributed by atoms with Crippen LogP contribution in [-0.2, 0) is 4.79 Å². The molecule has 2 aromatic rings. The Balaban J connectivity index is 1.89. The Morgan fingerprint density at radius 1 is 1.00 bits per heavy atom. The number of amidine groups is 1. The molecule has 0 saturated carbocycles. The molecule has 0 spiro atoms. The van der Waals surface area contributed by atoms with Gasteiger partial charge in [-0.15, -0.1) is 0 Å². The van der Waals surface area contributed by atoms with Gasteiger partial charge in [0, 0.05) is 0 Å². The molecule has 0 atom stereocenters. The molecule has 1 aliphatic heterocycles. The van der Waals surface area contributed by atoms with Crippen LogP contribution in [-0.4, -0.2) is 32.4 Å². The average molecular weight is 384 g/mol. The van der Waals surface area contributed by atoms with Gasteiger partial charge in [0.25, 0.3) is 5.91 Å². The second kappa shape index (κ2) is 8.18. The Morgan fingerprint density at radius 3 is 2.19 bits per heavy atom. The lowest BCUT2D eigenvalue weighted by Gasteiger charge is -2.12. The van der Waals surface area contributed by atoms with Crippen LogP contribution in [0.2, 0.25) is 0 Å². The molecular formula is C20H20N2O4S. The smallest absolute Gasteiger partial charge is 0.264 e. The second-order valence-corrected chi connectivity index (χ2v) is 6.81. The highest BCUT2D eigenvalue weighted by Crippen LogP contribution is 2.39. The van der Waals surface area contributed by atoms with Crippen molar-refractivity contribution < 1.29 is 19.0 Å². The zero-order valence-corrected chi connectivity index (χ0v) is 16.3. The van der Waals surface area contributed by atoms with Gasteiger partial charge in [-0.05, 0) is 54.6 Å². The van der Waals surface area contributed by atoms with E-state index in [9.17, 15) is 4.79 Å². The molecule has 1 heterocycles. The lowest BCUT2D eigenvalue weighted by atomic mass is 10.1. The summed E-state index contributed by atoms with van der Waals surface area (Å²) in [6.45, 7) is 2.02. The van der Waals surface area contributed by atoms with Crippen LogP contribution in [0.1, 0.15) is 11.1 Å². The SMILES string of the molecule is COc1cc(/C=C2/SC(=Nc3ccc(C)cc3)NC2=O)cc(OC)c1OC. The van der Waals surface area contributed by atoms with Crippen molar-refractivity contribution in [2.75, 3.05) is 21.3 Å². The van der Waals surface area contributed by atoms with Gasteiger partial charge in [0.1, 0.15) is 0 Å². The molecule has 1 fully saturated rings. The minimum Gasteiger partial charge on any atom is -0.493 e. The van der Waals surface area contributed by atoms with Crippen molar-refractivity contribution in [3.8, 4) is 17.2 Å². The second-order valence-electron chi connectivity index (χ2n) is 5.78. The minimum atomic E-state index is -0.195. The first kappa shape index (κ1) is 18.8. The fraction of sp³-hybridized carbons (Fsp3) is 0.200. The molecule has 3 rings (SSSR count). The van der Waals surface area contributed by atoms with Crippen LogP contribution in [0.5, 0.6) is 17.2 Å². The number of rotatable bonds is 5. The number of benzene rings is 2. The number of methoxy groups -OCH3 is 3. The molecule has 0 radical (unpaired) electrons. The molecule has 2 aromatic carbocycles. The first-order valence-corrected chi connectivity index (χ1v) is 9.02. The highest BCUT2D eigenvalue weighted by Gasteiger charge is 2.24. The molecule has 0 aromatic heterocycles. The zero-order chi connectivity index (χ0) is 19.4. The lowest BCUT2D eigenvalue weighted by Crippen LogP contribution is -2.19. The Labute approximate surface area is 162 Å². The largest absolute Gasteiger partial charge is 0.493 e. The third-order valence-electron chi connectivity index (χ3n) is 3.90. The maximum absolute atomic E-state index is 12.3. The molecule has 1 N–H and O–H groups in total. The monoisotopic (exact) mass is 384 g/mol. The maximum Gasteiger partial charge on any atom is 0.264 e. The minimum absolute atomic E-state index is 0.195. The molecule has 1 amide bonds. The van der Waals surface area contributed by atoms with Crippen molar-refractivity contribution in [3.05, 3.63) is 52.4 Å². The summed E-state index contributed by atoms with van der Waals surface area (Å²) in [6, 6.07) is 11.4. The molecule has 0 aliphatic carbocycles. The highest BCUT2D eigenvalue weighted by atomic mass is 32.2. The summed E-state index contributed by atoms with van der Waals surface area (Å²) in [4.78, 5) is 17.3. The summed E-state index contributed by atoms with van der Waals surface area (Å²) in [5, 5.41) is 3.33. The predicted octanol–water partition coefficient (Wildman–Crippen LogP) is 3.91. The van der Waals surface area contributed by atoms with Gasteiger partial charge in [0.2, 0.25) is 5.75 Å². The number of carbonyl (C=O) groups is 1. The van der Waals surface area contributed by atoms with Gasteiger partial charge in [0.05, 0.1) is 31.9 Å². The number of hydrogen-bond donors (Lipinski definition) is 1. The molecular weight excluding hydrogens is 364 g/mol. The number of amides is 1. The van der Waals surface area contributed by atoms with Gasteiger partial charge < -0.3 is 19.5 Å². The van der Waals surface area contributed by atoms with Gasteiger partial charge in [-0.1, -0.05) is 17.7 Å². The van der Waals surface area contributed by atoms with E-state index in [1.54, 1.807) is 39.5 Å². The van der Waals surface area contributed by atoms with E-state index in [-0.39, 0.29) is 5.91 Å². The maximum atomic E-state index is 12.3. The Morgan fingerprint density at radius 2 is 1.63 bits per heavy atom. The van der Waals surface area contributed by atoms with Crippen molar-refractivity contribution in [2.45, 2.75) is 6.92 Å². The summed E-state index contributed by atoms with van der Waals surface area (Å²) >= 11 is 1.29. The Kier molecular flexibility index (Phi) is 5.71. The topological polar surface area (TPSA) is 69.2 Å². The van der Waals surface area contributed by atoms with Crippen LogP contribution in [0.15, 0.2) is 46.3 Å². The lowest BCUT2D eigenvalue weighted by molar-refractivity contribution is -0.115. The van der Waals surface area contributed by atoms with Crippen molar-refractivity contribution in [1.82, 2.24) is 5.32 Å². The van der Waals surface area contributed by atoms with E-state index in [2.05, 4.69) is 10.3 Å². The van der Waals surface area contributed by atoms with Crippen LogP contribution in [0.4, 0.5) is 5.69 Å². The van der Waals surface area contributed by atoms with Crippen LogP contribution in [0, 0.1) is 6.92 Å². The third-order valence-corrected chi connectivity index (χ3v) is 4.81. The number of thioether (sulfide) groups is 1. The van der Waals surface area contributed by atoms with Crippen molar-refractivity contribution >= 4 is 34.6 Å². The highest BCUT2D eigenvalue weighted by molar-refractivity contribution is 8.18. The van der Waals surface area contributed by atoms with Crippen molar-refractivity contribution in [3.63, 3.8) is 0 Å². The van der Waals surface area contributed by atoms with Crippen LogP contribution >= 0.6 is 11.8 Å². The van der Waals surface area contributed by atoms with Crippen molar-refractivity contribution in [1.29, 1.82) is 0 Å². The number of carbonyl (C=O) groups excluding carboxylic acids is 1. The standard InChI is InChI=1S/C20H20N2O4S/c1-12-5-7-14(8-6-12)21-20-22-19(23)17(27-20)11-13-9-15(24-2)18(26-4)16(10-13)25-3/h5-11H,1-4H3,(H,21,22,23)/b17-11+. The van der Waals surface area contributed by atoms with Crippen molar-refractivity contribution in [2.24, 2.45) is 4.99 Å². The number of ether oxygens (including phenoxy) is 3. The van der Waals surface area contributed by atoms with Crippen LogP contribution in [0.25, 0.3) is 6.08 Å². The summed E-state index contributed by atoms with van der Waals surface area (Å²) in [5.74, 6) is 1.37. The molecule has 1 saturated heterocycles. The van der Waals surface area contributed by atoms with Gasteiger partial charge in [-0.2, -0.15) is 0 Å². The molecule has 0 bridgehead atoms. The normalized spacial score (nSPS) is 16.5. The summed E-state index contributed by atoms with van der Waals surface area (Å²) in [6.07, 6.45) is 1.77. The van der Waals surface area contributed by atoms with Crippen LogP contribution < -0.4 is 19.5 Å². The number of nitrogens with zero attached hydrogens (tertiary/aromatic N) is 1. The fourth-order valence-corrected chi connectivity index (χ4v) is 3.39. The fourth-order valence-electron chi connectivity index (χ4n) is 2.55. The molecule has 1 aliphatic rings. The Hall–Kier alpha value is -2.93. The molecule has 7 heteroatoms. The number of aryl methyl sites for hydroxylation is 1. The zero-order valence-electron chi connectivity index (χ0n) is 15.5. The number of hydrogen-bond acceptors (Lipinski definition) is 6. The Bertz CT molecular complexity index is 895. The molecule has 27 heavy (non-hydrogen) atoms. The van der Waals surface area contributed by atoms with E-state index < -0.39 is 0 Å². The molecule has 140 valence electrons. The van der Waals surface area contributed by atoms with Gasteiger partial charge in [-0.3, -0.25) is 4.79 Å². The van der Waals surface area contributed by atoms with Gasteiger partial charge in [-0.25, -0.2) is 4.99 Å². The van der Waals surface area contributed by atoms with E-state index in [0.717, 1.165) is 16.8 Å². The first-order valence-electron chi connectivity index (χ1n) is 8.20. The van der Waals surface area contributed by atoms with E-state index in [1.165, 1.54) is 11.8 Å². The van der Waals surface area contributed by atoms with Gasteiger partial charge >= 0.3 is 0 Å². The van der Waals surface area contributed by atoms with E-state index >= 15 is 0 Å². The van der Waals surface area contributed by atoms with Crippen LogP contribution in [0.3, 0.4) is 0 Å². The van der Waals surface area contributed by atoms with E-state index in [4.69, 9.17) is 14.2 Å². The molecule has 6 nitrogen and oxygen atoms in total. The number of aliphatic imine (C=N–C) groups is 1. The summed E-state index contributed by atoms with van der Waals surface area (Å²) < 4.78 is 16.0. The predicted molar refractivity (Wildman–Crippen MR) is 108 cm³/mol. The quantitative estimate of drug-likeness (QED) is 0.792. The van der Waals surface area contributed by atoms with E-state index in [1.807, 2.05) is 31.2 Å². The van der Waals surface area contributed by atoms with E-state index in [0.29, 0.717) is 27.3 Å². The summed E-state index contributed by atoms with van der Waals surface area (Å²) in [7, 11) is 4.65.